The van der Waals surface area contributed by atoms with E-state index in [4.69, 9.17) is 23.4 Å². The molecule has 8 heterocycles. The summed E-state index contributed by atoms with van der Waals surface area (Å²) in [6.45, 7) is -0.407. The lowest BCUT2D eigenvalue weighted by atomic mass is 9.74. The van der Waals surface area contributed by atoms with Crippen LogP contribution >= 0.6 is 0 Å². The minimum absolute atomic E-state index is 0.0576. The van der Waals surface area contributed by atoms with Gasteiger partial charge in [-0.3, -0.25) is 10.1 Å². The van der Waals surface area contributed by atoms with E-state index in [0.717, 1.165) is 43.4 Å². The first kappa shape index (κ1) is 48.5. The Balaban J connectivity index is 1.15. The van der Waals surface area contributed by atoms with Crippen LogP contribution in [0.15, 0.2) is 86.9 Å². The Morgan fingerprint density at radius 2 is 1.74 bits per heavy atom. The highest BCUT2D eigenvalue weighted by molar-refractivity contribution is 5.90. The number of aromatic amines is 1. The van der Waals surface area contributed by atoms with E-state index in [0.29, 0.717) is 11.3 Å². The number of fused-ring (bicyclic) bond motifs is 8. The quantitative estimate of drug-likeness (QED) is 0.0491. The third-order valence-corrected chi connectivity index (χ3v) is 15.3. The van der Waals surface area contributed by atoms with Gasteiger partial charge in [-0.05, 0) is 67.0 Å². The van der Waals surface area contributed by atoms with Crippen LogP contribution in [0.2, 0.25) is 0 Å². The van der Waals surface area contributed by atoms with Gasteiger partial charge in [0.05, 0.1) is 12.6 Å². The van der Waals surface area contributed by atoms with Crippen LogP contribution < -0.4 is 20.8 Å². The molecule has 0 radical (unpaired) electrons. The molecule has 2 aromatic heterocycles. The van der Waals surface area contributed by atoms with E-state index in [2.05, 4.69) is 27.5 Å². The lowest BCUT2D eigenvalue weighted by Crippen LogP contribution is -2.75. The molecular formula is C51H51N3O19. The first-order chi connectivity index (χ1) is 34.9. The molecule has 4 aromatic rings. The molecule has 22 nitrogen and oxygen atoms in total. The topological polar surface area (TPSA) is 364 Å². The number of aliphatic hydroxyl groups is 7. The first-order valence-corrected chi connectivity index (χ1v) is 23.8. The number of dihydropyridines is 1. The minimum Gasteiger partial charge on any atom is -0.507 e. The highest BCUT2D eigenvalue weighted by Gasteiger charge is 2.69. The van der Waals surface area contributed by atoms with E-state index >= 15 is 0 Å². The average Bonchev–Trinajstić information content (AvgIpc) is 3.86. The highest BCUT2D eigenvalue weighted by atomic mass is 16.8. The van der Waals surface area contributed by atoms with Crippen molar-refractivity contribution >= 4 is 22.9 Å². The van der Waals surface area contributed by atoms with Gasteiger partial charge in [0.25, 0.3) is 11.4 Å². The van der Waals surface area contributed by atoms with Crippen LogP contribution in [0, 0.1) is 17.8 Å². The molecular weight excluding hydrogens is 959 g/mol. The van der Waals surface area contributed by atoms with Gasteiger partial charge in [0.2, 0.25) is 11.9 Å². The number of hydrogen-bond acceptors (Lipinski definition) is 20. The van der Waals surface area contributed by atoms with E-state index in [-0.39, 0.29) is 75.7 Å². The number of rotatable bonds is 7. The number of allylic oxidation sites excluding steroid dienone is 3. The van der Waals surface area contributed by atoms with Gasteiger partial charge in [0.15, 0.2) is 23.0 Å². The van der Waals surface area contributed by atoms with E-state index in [1.165, 1.54) is 12.1 Å². The lowest BCUT2D eigenvalue weighted by Gasteiger charge is -2.53. The molecule has 11 rings (SSSR count). The maximum Gasteiger partial charge on any atom is 0.351 e. The number of benzene rings is 2. The third kappa shape index (κ3) is 7.53. The van der Waals surface area contributed by atoms with Crippen LogP contribution in [0.3, 0.4) is 0 Å². The van der Waals surface area contributed by atoms with Crippen molar-refractivity contribution < 1.29 is 89.1 Å². The average molecular weight is 1010 g/mol. The Hall–Kier alpha value is -6.75. The highest BCUT2D eigenvalue weighted by Crippen LogP contribution is 2.54. The zero-order chi connectivity index (χ0) is 51.5. The van der Waals surface area contributed by atoms with Crippen molar-refractivity contribution in [3.8, 4) is 46.2 Å². The van der Waals surface area contributed by atoms with Crippen molar-refractivity contribution in [1.29, 1.82) is 0 Å². The number of aliphatic hydroxyl groups excluding tert-OH is 7. The number of phenols is 3. The predicted octanol–water partition coefficient (Wildman–Crippen LogP) is -0.253. The molecule has 384 valence electrons. The first-order valence-electron chi connectivity index (χ1n) is 23.8. The molecule has 0 amide bonds. The van der Waals surface area contributed by atoms with Crippen molar-refractivity contribution in [3.05, 3.63) is 105 Å². The third-order valence-electron chi connectivity index (χ3n) is 15.3. The Bertz CT molecular complexity index is 3160. The summed E-state index contributed by atoms with van der Waals surface area (Å²) in [4.78, 5) is 45.0. The van der Waals surface area contributed by atoms with Crippen molar-refractivity contribution in [1.82, 2.24) is 15.6 Å². The monoisotopic (exact) mass is 1010 g/mol. The Morgan fingerprint density at radius 1 is 0.932 bits per heavy atom. The van der Waals surface area contributed by atoms with Crippen molar-refractivity contribution in [3.63, 3.8) is 0 Å². The Labute approximate surface area is 413 Å². The summed E-state index contributed by atoms with van der Waals surface area (Å²) in [5.41, 5.74) is -5.11. The van der Waals surface area contributed by atoms with Crippen molar-refractivity contribution in [2.24, 2.45) is 5.92 Å². The summed E-state index contributed by atoms with van der Waals surface area (Å²) >= 11 is 0. The fourth-order valence-electron chi connectivity index (χ4n) is 11.5. The number of ether oxygens (including phenoxy) is 4. The number of aromatic nitrogens is 1. The number of carbonyl (C=O) groups excluding carboxylic acids is 1. The molecule has 73 heavy (non-hydrogen) atoms. The molecule has 3 saturated heterocycles. The normalized spacial score (nSPS) is 35.5. The van der Waals surface area contributed by atoms with Gasteiger partial charge >= 0.3 is 11.9 Å². The van der Waals surface area contributed by atoms with E-state index in [1.54, 1.807) is 30.6 Å². The number of aromatic hydroxyl groups is 3. The molecule has 2 aromatic carbocycles. The summed E-state index contributed by atoms with van der Waals surface area (Å²) in [6, 6.07) is 8.38. The predicted molar refractivity (Wildman–Crippen MR) is 248 cm³/mol. The second-order valence-electron chi connectivity index (χ2n) is 19.6. The smallest absolute Gasteiger partial charge is 0.351 e. The Kier molecular flexibility index (Phi) is 11.8. The standard InChI is InChI=1S/C51H51N3O19/c55-11-7-22-12-23(15-31(57)37(22)58)32-18-30(56)36-33(69-32)19-34-35(38(36)59)28(24-14-29-21-4-1-5-27(13-21)54-45(29)53-20-24)17-25(16-26-6-2-10-52-26)51(71-34)44(65)41(62)43(64)50(73-51)9-3-8-49(47(66)67)42(63)39(60)40(61)46(72-49)70-48(50)68/h2,6,10,12,14-15,17-21,27-28,39-46,52-55,57-65H,1,4-5,7,9,11,13,16H2,(H,66,67). The van der Waals surface area contributed by atoms with Crippen LogP contribution in [0.5, 0.6) is 23.0 Å². The summed E-state index contributed by atoms with van der Waals surface area (Å²) in [5, 5.41) is 130. The Morgan fingerprint density at radius 3 is 2.49 bits per heavy atom. The number of carbonyl (C=O) groups is 2. The SMILES string of the molecule is O=C(O)C12C#CCC3(OC4(Oc5cc6oc(-c7cc(O)c(O)c(CCO)c7)cc(=O)c6c(O)c5C(C5=CNC6NC7CCCC(C7)C6=C5)C=C4Cc4ccc[nH]4)C(O)C(O)C3O)C(=O)OC(O1)C(O)C(O)C2O. The van der Waals surface area contributed by atoms with E-state index in [9.17, 15) is 70.6 Å². The second kappa shape index (κ2) is 17.7. The van der Waals surface area contributed by atoms with Gasteiger partial charge in [-0.25, -0.2) is 9.59 Å². The minimum atomic E-state index is -3.02. The van der Waals surface area contributed by atoms with Gasteiger partial charge in [0, 0.05) is 77.5 Å². The summed E-state index contributed by atoms with van der Waals surface area (Å²) < 4.78 is 30.8. The van der Waals surface area contributed by atoms with Crippen LogP contribution in [0.1, 0.15) is 54.8 Å². The molecule has 2 spiro atoms. The van der Waals surface area contributed by atoms with Crippen LogP contribution in [0.4, 0.5) is 0 Å². The molecule has 14 unspecified atom stereocenters. The van der Waals surface area contributed by atoms with Crippen LogP contribution in [-0.2, 0) is 36.6 Å². The van der Waals surface area contributed by atoms with Gasteiger partial charge in [-0.15, -0.1) is 0 Å². The molecule has 22 heteroatoms. The largest absolute Gasteiger partial charge is 0.507 e. The maximum absolute atomic E-state index is 14.8. The molecule has 6 aliphatic heterocycles. The van der Waals surface area contributed by atoms with Crippen LogP contribution in [-0.4, -0.2) is 152 Å². The number of carboxylic acids is 1. The van der Waals surface area contributed by atoms with Crippen molar-refractivity contribution in [2.75, 3.05) is 6.61 Å². The fraction of sp³-hybridized carbons (Fsp3) is 0.431. The summed E-state index contributed by atoms with van der Waals surface area (Å²) in [6.07, 6.45) is -7.72. The molecule has 14 atom stereocenters. The zero-order valence-corrected chi connectivity index (χ0v) is 38.5. The molecule has 4 fully saturated rings. The molecule has 1 aliphatic carbocycles. The second-order valence-corrected chi connectivity index (χ2v) is 19.6. The molecule has 14 N–H and O–H groups in total. The van der Waals surface area contributed by atoms with Gasteiger partial charge in [0.1, 0.15) is 58.7 Å². The number of H-pyrrole nitrogens is 1. The number of esters is 1. The van der Waals surface area contributed by atoms with Gasteiger partial charge in [-0.1, -0.05) is 30.4 Å². The van der Waals surface area contributed by atoms with Gasteiger partial charge < -0.3 is 89.8 Å². The number of phenolic OH excluding ortho intramolecular Hbond substituents is 3. The fourth-order valence-corrected chi connectivity index (χ4v) is 11.5. The van der Waals surface area contributed by atoms with E-state index in [1.807, 2.05) is 6.08 Å². The zero-order valence-electron chi connectivity index (χ0n) is 38.5. The van der Waals surface area contributed by atoms with Crippen LogP contribution in [0.25, 0.3) is 22.3 Å². The summed E-state index contributed by atoms with van der Waals surface area (Å²) in [7, 11) is 0. The molecule has 4 bridgehead atoms. The number of carboxylic acid groups (broad SMARTS) is 1. The number of aliphatic carboxylic acids is 1. The molecule has 1 saturated carbocycles. The lowest BCUT2D eigenvalue weighted by molar-refractivity contribution is -0.354. The van der Waals surface area contributed by atoms with Gasteiger partial charge in [-0.2, -0.15) is 0 Å². The summed E-state index contributed by atoms with van der Waals surface area (Å²) in [5.74, 6) is -5.14. The van der Waals surface area contributed by atoms with Crippen molar-refractivity contribution in [2.45, 2.75) is 123 Å². The number of nitrogens with one attached hydrogen (secondary N) is 3. The maximum atomic E-state index is 14.8. The van der Waals surface area contributed by atoms with E-state index < -0.39 is 113 Å². The molecule has 7 aliphatic rings. The number of hydrogen-bond donors (Lipinski definition) is 14. The number of piperidine rings is 1.